The molecule has 186 valence electrons. The molecule has 6 rings (SSSR count). The molecule has 0 aromatic carbocycles. The molecule has 0 spiro atoms. The highest BCUT2D eigenvalue weighted by molar-refractivity contribution is 5.66. The Balaban J connectivity index is 1.29. The first-order valence-electron chi connectivity index (χ1n) is 12.5. The summed E-state index contributed by atoms with van der Waals surface area (Å²) in [7, 11) is 0. The lowest BCUT2D eigenvalue weighted by molar-refractivity contribution is 0.0209. The van der Waals surface area contributed by atoms with E-state index in [4.69, 9.17) is 14.7 Å². The van der Waals surface area contributed by atoms with E-state index in [9.17, 15) is 0 Å². The van der Waals surface area contributed by atoms with Gasteiger partial charge in [0.15, 0.2) is 0 Å². The van der Waals surface area contributed by atoms with Crippen LogP contribution in [-0.2, 0) is 4.74 Å². The average Bonchev–Trinajstić information content (AvgIpc) is 3.54. The Morgan fingerprint density at radius 2 is 1.78 bits per heavy atom. The second kappa shape index (κ2) is 9.71. The number of hydrogen-bond acceptors (Lipinski definition) is 9. The third-order valence-electron chi connectivity index (χ3n) is 6.77. The number of aryl methyl sites for hydroxylation is 2. The zero-order valence-corrected chi connectivity index (χ0v) is 20.7. The van der Waals surface area contributed by atoms with E-state index in [0.29, 0.717) is 12.0 Å². The summed E-state index contributed by atoms with van der Waals surface area (Å²) in [6.45, 7) is 9.58. The van der Waals surface area contributed by atoms with Crippen LogP contribution in [0.15, 0.2) is 48.9 Å². The molecule has 2 saturated heterocycles. The van der Waals surface area contributed by atoms with E-state index in [1.54, 1.807) is 6.20 Å². The number of anilines is 5. The Hall–Kier alpha value is -3.76. The van der Waals surface area contributed by atoms with Crippen LogP contribution in [0.4, 0.5) is 29.1 Å². The maximum Gasteiger partial charge on any atom is 0.232 e. The minimum Gasteiger partial charge on any atom is -0.379 e. The molecule has 1 unspecified atom stereocenters. The smallest absolute Gasteiger partial charge is 0.232 e. The fraction of sp³-hybridized carbons (Fsp3) is 0.385. The van der Waals surface area contributed by atoms with E-state index in [2.05, 4.69) is 43.4 Å². The first kappa shape index (κ1) is 22.7. The highest BCUT2D eigenvalue weighted by Gasteiger charge is 2.30. The summed E-state index contributed by atoms with van der Waals surface area (Å²) >= 11 is 0. The van der Waals surface area contributed by atoms with Crippen molar-refractivity contribution in [2.75, 3.05) is 54.9 Å². The van der Waals surface area contributed by atoms with Crippen LogP contribution in [0.25, 0.3) is 5.65 Å². The molecule has 0 saturated carbocycles. The van der Waals surface area contributed by atoms with E-state index in [-0.39, 0.29) is 0 Å². The average molecular weight is 486 g/mol. The van der Waals surface area contributed by atoms with E-state index >= 15 is 0 Å². The monoisotopic (exact) mass is 485 g/mol. The molecule has 1 atom stereocenters. The predicted octanol–water partition coefficient (Wildman–Crippen LogP) is 3.53. The predicted molar refractivity (Wildman–Crippen MR) is 141 cm³/mol. The van der Waals surface area contributed by atoms with Crippen molar-refractivity contribution in [1.29, 1.82) is 0 Å². The van der Waals surface area contributed by atoms with Crippen molar-refractivity contribution in [3.05, 3.63) is 60.2 Å². The summed E-state index contributed by atoms with van der Waals surface area (Å²) in [6, 6.07) is 10.6. The van der Waals surface area contributed by atoms with Gasteiger partial charge in [0.1, 0.15) is 23.1 Å². The quantitative estimate of drug-likeness (QED) is 0.425. The third kappa shape index (κ3) is 4.95. The minimum absolute atomic E-state index is 0.514. The molecule has 2 aliphatic rings. The molecule has 0 aliphatic carbocycles. The summed E-state index contributed by atoms with van der Waals surface area (Å²) in [5, 5.41) is 6.79. The molecule has 0 bridgehead atoms. The molecule has 0 radical (unpaired) electrons. The maximum atomic E-state index is 5.55. The SMILES string of the molecule is Cc1cc(C)nc(Nc2nc(Nc3ccn4ccnc4c3)cc(N3CCC(N4CCOCC4)C3)n2)c1. The normalized spacial score (nSPS) is 18.6. The zero-order valence-electron chi connectivity index (χ0n) is 20.7. The Morgan fingerprint density at radius 1 is 0.917 bits per heavy atom. The van der Waals surface area contributed by atoms with Crippen LogP contribution < -0.4 is 15.5 Å². The Kier molecular flexibility index (Phi) is 6.12. The van der Waals surface area contributed by atoms with Gasteiger partial charge in [0.2, 0.25) is 5.95 Å². The lowest BCUT2D eigenvalue weighted by atomic mass is 10.2. The number of imidazole rings is 1. The van der Waals surface area contributed by atoms with Crippen LogP contribution in [0.3, 0.4) is 0 Å². The Bertz CT molecular complexity index is 1340. The number of ether oxygens (including phenoxy) is 1. The van der Waals surface area contributed by atoms with Crippen molar-refractivity contribution in [3.63, 3.8) is 0 Å². The molecule has 6 heterocycles. The summed E-state index contributed by atoms with van der Waals surface area (Å²) in [5.74, 6) is 2.88. The van der Waals surface area contributed by atoms with Gasteiger partial charge in [0.25, 0.3) is 0 Å². The van der Waals surface area contributed by atoms with Crippen LogP contribution >= 0.6 is 0 Å². The van der Waals surface area contributed by atoms with Gasteiger partial charge < -0.3 is 24.7 Å². The summed E-state index contributed by atoms with van der Waals surface area (Å²) < 4.78 is 7.53. The second-order valence-corrected chi connectivity index (χ2v) is 9.50. The van der Waals surface area contributed by atoms with Crippen molar-refractivity contribution in [2.24, 2.45) is 0 Å². The zero-order chi connectivity index (χ0) is 24.5. The van der Waals surface area contributed by atoms with Gasteiger partial charge in [-0.2, -0.15) is 9.97 Å². The van der Waals surface area contributed by atoms with E-state index in [0.717, 1.165) is 85.9 Å². The van der Waals surface area contributed by atoms with Crippen molar-refractivity contribution in [1.82, 2.24) is 29.2 Å². The maximum absolute atomic E-state index is 5.55. The van der Waals surface area contributed by atoms with Gasteiger partial charge in [-0.25, -0.2) is 9.97 Å². The van der Waals surface area contributed by atoms with Crippen LogP contribution in [0.1, 0.15) is 17.7 Å². The summed E-state index contributed by atoms with van der Waals surface area (Å²) in [6.07, 6.45) is 6.82. The molecule has 10 nitrogen and oxygen atoms in total. The van der Waals surface area contributed by atoms with E-state index < -0.39 is 0 Å². The summed E-state index contributed by atoms with van der Waals surface area (Å²) in [4.78, 5) is 23.6. The second-order valence-electron chi connectivity index (χ2n) is 9.50. The fourth-order valence-corrected chi connectivity index (χ4v) is 5.06. The lowest BCUT2D eigenvalue weighted by Crippen LogP contribution is -2.44. The van der Waals surface area contributed by atoms with Gasteiger partial charge >= 0.3 is 0 Å². The molecular formula is C26H31N9O. The van der Waals surface area contributed by atoms with Crippen molar-refractivity contribution < 1.29 is 4.74 Å². The molecule has 2 fully saturated rings. The van der Waals surface area contributed by atoms with Crippen molar-refractivity contribution in [2.45, 2.75) is 26.3 Å². The number of nitrogens with one attached hydrogen (secondary N) is 2. The Labute approximate surface area is 210 Å². The lowest BCUT2D eigenvalue weighted by Gasteiger charge is -2.32. The van der Waals surface area contributed by atoms with E-state index in [1.807, 2.05) is 48.0 Å². The number of pyridine rings is 2. The molecule has 4 aromatic rings. The van der Waals surface area contributed by atoms with Crippen molar-refractivity contribution >= 4 is 34.7 Å². The number of fused-ring (bicyclic) bond motifs is 1. The molecule has 0 amide bonds. The minimum atomic E-state index is 0.514. The number of aromatic nitrogens is 5. The topological polar surface area (TPSA) is 95.7 Å². The molecule has 2 aliphatic heterocycles. The van der Waals surface area contributed by atoms with Crippen LogP contribution in [0, 0.1) is 13.8 Å². The van der Waals surface area contributed by atoms with Gasteiger partial charge in [-0.3, -0.25) is 4.90 Å². The fourth-order valence-electron chi connectivity index (χ4n) is 5.06. The standard InChI is InChI=1S/C26H31N9O/c1-18-13-19(2)28-22(14-18)30-26-31-23(29-20-3-6-34-8-5-27-24(34)15-20)16-25(32-26)35-7-4-21(17-35)33-9-11-36-12-10-33/h3,5-6,8,13-16,21H,4,7,9-12,17H2,1-2H3,(H2,28,29,30,31,32). The molecule has 4 aromatic heterocycles. The van der Waals surface area contributed by atoms with Gasteiger partial charge in [-0.15, -0.1) is 0 Å². The molecule has 2 N–H and O–H groups in total. The Morgan fingerprint density at radius 3 is 2.64 bits per heavy atom. The summed E-state index contributed by atoms with van der Waals surface area (Å²) in [5.41, 5.74) is 3.88. The highest BCUT2D eigenvalue weighted by Crippen LogP contribution is 2.27. The molecule has 10 heteroatoms. The van der Waals surface area contributed by atoms with Gasteiger partial charge in [-0.1, -0.05) is 0 Å². The number of rotatable bonds is 6. The first-order valence-corrected chi connectivity index (χ1v) is 12.5. The van der Waals surface area contributed by atoms with Crippen LogP contribution in [0.5, 0.6) is 0 Å². The van der Waals surface area contributed by atoms with Gasteiger partial charge in [0.05, 0.1) is 13.2 Å². The number of hydrogen-bond donors (Lipinski definition) is 2. The molecule has 36 heavy (non-hydrogen) atoms. The highest BCUT2D eigenvalue weighted by atomic mass is 16.5. The van der Waals surface area contributed by atoms with Crippen LogP contribution in [-0.4, -0.2) is 74.7 Å². The van der Waals surface area contributed by atoms with Gasteiger partial charge in [-0.05, 0) is 44.0 Å². The third-order valence-corrected chi connectivity index (χ3v) is 6.77. The van der Waals surface area contributed by atoms with Crippen molar-refractivity contribution in [3.8, 4) is 0 Å². The van der Waals surface area contributed by atoms with Gasteiger partial charge in [0, 0.05) is 74.3 Å². The first-order chi connectivity index (χ1) is 17.6. The number of morpholine rings is 1. The van der Waals surface area contributed by atoms with E-state index in [1.165, 1.54) is 0 Å². The number of nitrogens with zero attached hydrogens (tertiary/aromatic N) is 7. The van der Waals surface area contributed by atoms with Crippen LogP contribution in [0.2, 0.25) is 0 Å². The largest absolute Gasteiger partial charge is 0.379 e. The molecular weight excluding hydrogens is 454 g/mol.